The summed E-state index contributed by atoms with van der Waals surface area (Å²) in [5, 5.41) is 6.66. The monoisotopic (exact) mass is 353 g/mol. The van der Waals surface area contributed by atoms with Crippen molar-refractivity contribution in [2.45, 2.75) is 13.3 Å². The number of amides is 2. The summed E-state index contributed by atoms with van der Waals surface area (Å²) in [6.45, 7) is 1.76. The van der Waals surface area contributed by atoms with Gasteiger partial charge in [-0.05, 0) is 30.3 Å². The van der Waals surface area contributed by atoms with Gasteiger partial charge in [0.25, 0.3) is 5.91 Å². The average molecular weight is 354 g/mol. The molecule has 0 atom stereocenters. The Morgan fingerprint density at radius 2 is 1.88 bits per heavy atom. The number of anilines is 2. The maximum absolute atomic E-state index is 12.6. The molecule has 2 aromatic carbocycles. The van der Waals surface area contributed by atoms with Crippen LogP contribution in [-0.4, -0.2) is 16.8 Å². The molecule has 3 aromatic rings. The van der Waals surface area contributed by atoms with Crippen molar-refractivity contribution in [3.63, 3.8) is 0 Å². The molecule has 1 aromatic heterocycles. The third-order valence-electron chi connectivity index (χ3n) is 3.72. The molecule has 2 amide bonds. The predicted molar refractivity (Wildman–Crippen MR) is 100 cm³/mol. The van der Waals surface area contributed by atoms with Crippen LogP contribution in [0.15, 0.2) is 54.7 Å². The molecule has 3 rings (SSSR count). The highest BCUT2D eigenvalue weighted by Gasteiger charge is 2.12. The summed E-state index contributed by atoms with van der Waals surface area (Å²) in [7, 11) is 0. The van der Waals surface area contributed by atoms with Crippen LogP contribution in [0.5, 0.6) is 0 Å². The van der Waals surface area contributed by atoms with Crippen LogP contribution in [-0.2, 0) is 4.79 Å². The lowest BCUT2D eigenvalue weighted by Crippen LogP contribution is -2.13. The van der Waals surface area contributed by atoms with Crippen LogP contribution in [0.1, 0.15) is 23.7 Å². The van der Waals surface area contributed by atoms with Crippen molar-refractivity contribution in [3.8, 4) is 0 Å². The molecule has 0 saturated carbocycles. The second kappa shape index (κ2) is 7.32. The largest absolute Gasteiger partial charge is 0.325 e. The van der Waals surface area contributed by atoms with E-state index in [9.17, 15) is 9.59 Å². The fourth-order valence-electron chi connectivity index (χ4n) is 2.43. The number of para-hydroxylation sites is 1. The van der Waals surface area contributed by atoms with Crippen molar-refractivity contribution < 1.29 is 9.59 Å². The summed E-state index contributed by atoms with van der Waals surface area (Å²) in [5.41, 5.74) is 2.35. The molecular formula is C19H16ClN3O2. The molecule has 0 saturated heterocycles. The highest BCUT2D eigenvalue weighted by atomic mass is 35.5. The van der Waals surface area contributed by atoms with Crippen molar-refractivity contribution in [1.29, 1.82) is 0 Å². The minimum Gasteiger partial charge on any atom is -0.325 e. The van der Waals surface area contributed by atoms with E-state index in [0.717, 1.165) is 10.9 Å². The van der Waals surface area contributed by atoms with E-state index in [-0.39, 0.29) is 11.8 Å². The molecule has 0 fully saturated rings. The molecular weight excluding hydrogens is 338 g/mol. The van der Waals surface area contributed by atoms with Crippen LogP contribution < -0.4 is 10.6 Å². The van der Waals surface area contributed by atoms with Crippen LogP contribution in [0, 0.1) is 0 Å². The number of aromatic nitrogens is 1. The third kappa shape index (κ3) is 3.78. The lowest BCUT2D eigenvalue weighted by Gasteiger charge is -2.10. The number of fused-ring (bicyclic) bond motifs is 1. The van der Waals surface area contributed by atoms with E-state index in [1.807, 2.05) is 24.3 Å². The second-order valence-corrected chi connectivity index (χ2v) is 5.83. The summed E-state index contributed by atoms with van der Waals surface area (Å²) in [5.74, 6) is -0.373. The average Bonchev–Trinajstić information content (AvgIpc) is 2.63. The number of halogens is 1. The molecule has 25 heavy (non-hydrogen) atoms. The first-order valence-corrected chi connectivity index (χ1v) is 8.21. The first-order chi connectivity index (χ1) is 12.1. The Kier molecular flexibility index (Phi) is 4.95. The van der Waals surface area contributed by atoms with E-state index >= 15 is 0 Å². The molecule has 0 radical (unpaired) electrons. The Morgan fingerprint density at radius 3 is 2.64 bits per heavy atom. The van der Waals surface area contributed by atoms with E-state index in [4.69, 9.17) is 11.6 Å². The molecule has 0 aliphatic carbocycles. The van der Waals surface area contributed by atoms with Gasteiger partial charge in [-0.15, -0.1) is 0 Å². The molecule has 1 heterocycles. The number of nitrogens with zero attached hydrogens (tertiary/aromatic N) is 1. The fourth-order valence-corrected chi connectivity index (χ4v) is 2.65. The maximum Gasteiger partial charge on any atom is 0.256 e. The van der Waals surface area contributed by atoms with Gasteiger partial charge in [0, 0.05) is 23.7 Å². The maximum atomic E-state index is 12.6. The standard InChI is InChI=1S/C19H16ClN3O2/c1-2-18(24)23-17-8-7-12(11-15(17)20)22-19(25)14-9-10-21-16-6-4-3-5-13(14)16/h3-11H,2H2,1H3,(H,22,25)(H,23,24). The first-order valence-electron chi connectivity index (χ1n) is 7.83. The van der Waals surface area contributed by atoms with Gasteiger partial charge in [-0.25, -0.2) is 0 Å². The summed E-state index contributed by atoms with van der Waals surface area (Å²) in [6.07, 6.45) is 1.97. The van der Waals surface area contributed by atoms with Gasteiger partial charge in [-0.2, -0.15) is 0 Å². The number of nitrogens with one attached hydrogen (secondary N) is 2. The Hall–Kier alpha value is -2.92. The number of carbonyl (C=O) groups excluding carboxylic acids is 2. The van der Waals surface area contributed by atoms with Gasteiger partial charge in [0.1, 0.15) is 0 Å². The van der Waals surface area contributed by atoms with E-state index < -0.39 is 0 Å². The molecule has 126 valence electrons. The number of pyridine rings is 1. The quantitative estimate of drug-likeness (QED) is 0.726. The van der Waals surface area contributed by atoms with Crippen molar-refractivity contribution in [1.82, 2.24) is 4.98 Å². The second-order valence-electron chi connectivity index (χ2n) is 5.43. The van der Waals surface area contributed by atoms with E-state index in [0.29, 0.717) is 28.4 Å². The third-order valence-corrected chi connectivity index (χ3v) is 4.03. The fraction of sp³-hybridized carbons (Fsp3) is 0.105. The van der Waals surface area contributed by atoms with Crippen molar-refractivity contribution in [2.75, 3.05) is 10.6 Å². The van der Waals surface area contributed by atoms with Crippen molar-refractivity contribution >= 4 is 45.7 Å². The zero-order valence-electron chi connectivity index (χ0n) is 13.5. The van der Waals surface area contributed by atoms with E-state index in [1.165, 1.54) is 0 Å². The molecule has 0 aliphatic heterocycles. The Balaban J connectivity index is 1.83. The van der Waals surface area contributed by atoms with Crippen LogP contribution in [0.3, 0.4) is 0 Å². The van der Waals surface area contributed by atoms with Crippen LogP contribution >= 0.6 is 11.6 Å². The predicted octanol–water partition coefficient (Wildman–Crippen LogP) is 4.49. The minimum atomic E-state index is -0.250. The number of hydrogen-bond donors (Lipinski definition) is 2. The zero-order valence-corrected chi connectivity index (χ0v) is 14.3. The highest BCUT2D eigenvalue weighted by Crippen LogP contribution is 2.26. The number of carbonyl (C=O) groups is 2. The van der Waals surface area contributed by atoms with E-state index in [2.05, 4.69) is 15.6 Å². The zero-order chi connectivity index (χ0) is 17.8. The summed E-state index contributed by atoms with van der Waals surface area (Å²) in [6, 6.07) is 14.1. The molecule has 0 unspecified atom stereocenters. The molecule has 5 nitrogen and oxygen atoms in total. The van der Waals surface area contributed by atoms with Crippen LogP contribution in [0.2, 0.25) is 5.02 Å². The molecule has 0 bridgehead atoms. The summed E-state index contributed by atoms with van der Waals surface area (Å²) >= 11 is 6.18. The van der Waals surface area contributed by atoms with Crippen LogP contribution in [0.25, 0.3) is 10.9 Å². The Bertz CT molecular complexity index is 951. The minimum absolute atomic E-state index is 0.123. The Morgan fingerprint density at radius 1 is 1.08 bits per heavy atom. The molecule has 0 aliphatic rings. The normalized spacial score (nSPS) is 10.5. The summed E-state index contributed by atoms with van der Waals surface area (Å²) in [4.78, 5) is 28.3. The molecule has 0 spiro atoms. The number of hydrogen-bond acceptors (Lipinski definition) is 3. The van der Waals surface area contributed by atoms with Gasteiger partial charge in [-0.1, -0.05) is 36.7 Å². The van der Waals surface area contributed by atoms with Gasteiger partial charge >= 0.3 is 0 Å². The smallest absolute Gasteiger partial charge is 0.256 e. The first kappa shape index (κ1) is 16.9. The summed E-state index contributed by atoms with van der Waals surface area (Å²) < 4.78 is 0. The topological polar surface area (TPSA) is 71.1 Å². The van der Waals surface area contributed by atoms with Crippen molar-refractivity contribution in [3.05, 3.63) is 65.3 Å². The molecule has 6 heteroatoms. The van der Waals surface area contributed by atoms with Gasteiger partial charge in [0.15, 0.2) is 0 Å². The van der Waals surface area contributed by atoms with Crippen molar-refractivity contribution in [2.24, 2.45) is 0 Å². The SMILES string of the molecule is CCC(=O)Nc1ccc(NC(=O)c2ccnc3ccccc23)cc1Cl. The Labute approximate surface area is 150 Å². The molecule has 2 N–H and O–H groups in total. The number of rotatable bonds is 4. The van der Waals surface area contributed by atoms with Crippen LogP contribution in [0.4, 0.5) is 11.4 Å². The lowest BCUT2D eigenvalue weighted by molar-refractivity contribution is -0.115. The van der Waals surface area contributed by atoms with E-state index in [1.54, 1.807) is 37.4 Å². The van der Waals surface area contributed by atoms with Gasteiger partial charge in [-0.3, -0.25) is 14.6 Å². The van der Waals surface area contributed by atoms with Gasteiger partial charge in [0.05, 0.1) is 21.8 Å². The lowest BCUT2D eigenvalue weighted by atomic mass is 10.1. The van der Waals surface area contributed by atoms with Gasteiger partial charge in [0.2, 0.25) is 5.91 Å². The van der Waals surface area contributed by atoms with Gasteiger partial charge < -0.3 is 10.6 Å². The highest BCUT2D eigenvalue weighted by molar-refractivity contribution is 6.34. The number of benzene rings is 2.